The smallest absolute Gasteiger partial charge is 0.277 e. The number of aromatic nitrogens is 3. The molecular formula is C16H21FN4O4. The molecule has 9 heteroatoms. The van der Waals surface area contributed by atoms with Crippen LogP contribution in [0.4, 0.5) is 10.2 Å². The maximum atomic E-state index is 14.1. The molecule has 1 aliphatic rings. The molecular weight excluding hydrogens is 331 g/mol. The summed E-state index contributed by atoms with van der Waals surface area (Å²) in [5.74, 6) is -0.316. The Morgan fingerprint density at radius 1 is 1.56 bits per heavy atom. The molecule has 8 nitrogen and oxygen atoms in total. The molecule has 0 saturated carbocycles. The van der Waals surface area contributed by atoms with Crippen LogP contribution in [0.1, 0.15) is 33.4 Å². The number of carbonyl (C=O) groups excluding carboxylic acids is 1. The number of anilines is 1. The van der Waals surface area contributed by atoms with Crippen LogP contribution in [0.2, 0.25) is 0 Å². The first kappa shape index (κ1) is 17.6. The van der Waals surface area contributed by atoms with Crippen LogP contribution in [0, 0.1) is 5.92 Å². The summed E-state index contributed by atoms with van der Waals surface area (Å²) in [5, 5.41) is 12.8. The second-order valence-electron chi connectivity index (χ2n) is 6.45. The average Bonchev–Trinajstić information content (AvgIpc) is 3.10. The molecule has 3 heterocycles. The predicted molar refractivity (Wildman–Crippen MR) is 88.9 cm³/mol. The number of imidazole rings is 1. The first-order valence-corrected chi connectivity index (χ1v) is 8.21. The number of aliphatic hydroxyl groups is 1. The minimum Gasteiger partial charge on any atom is -0.385 e. The van der Waals surface area contributed by atoms with E-state index in [2.05, 4.69) is 15.3 Å². The van der Waals surface area contributed by atoms with Gasteiger partial charge >= 0.3 is 0 Å². The van der Waals surface area contributed by atoms with Crippen LogP contribution in [0.5, 0.6) is 0 Å². The number of nitrogens with one attached hydrogen (secondary N) is 2. The molecule has 0 bridgehead atoms. The van der Waals surface area contributed by atoms with E-state index in [9.17, 15) is 19.1 Å². The SMILES string of the molecule is CC[C@H]1O[C@@H](n2cnc3c(=O)[nH]c(NC(=O)C(C)C)cc32)[C@H](O)[C@@H]1F. The molecule has 3 rings (SSSR count). The van der Waals surface area contributed by atoms with Crippen molar-refractivity contribution in [3.8, 4) is 0 Å². The normalized spacial score (nSPS) is 26.5. The van der Waals surface area contributed by atoms with Gasteiger partial charge in [0.15, 0.2) is 17.9 Å². The van der Waals surface area contributed by atoms with Gasteiger partial charge < -0.3 is 24.7 Å². The summed E-state index contributed by atoms with van der Waals surface area (Å²) in [6.07, 6.45) is -2.85. The molecule has 0 aliphatic carbocycles. The lowest BCUT2D eigenvalue weighted by molar-refractivity contribution is -0.118. The Kier molecular flexibility index (Phi) is 4.61. The van der Waals surface area contributed by atoms with Crippen LogP contribution in [0.25, 0.3) is 11.0 Å². The Morgan fingerprint density at radius 2 is 2.28 bits per heavy atom. The molecule has 1 fully saturated rings. The summed E-state index contributed by atoms with van der Waals surface area (Å²) < 4.78 is 21.1. The largest absolute Gasteiger partial charge is 0.385 e. The van der Waals surface area contributed by atoms with Gasteiger partial charge in [-0.05, 0) is 6.42 Å². The van der Waals surface area contributed by atoms with Crippen molar-refractivity contribution in [2.75, 3.05) is 5.32 Å². The number of pyridine rings is 1. The number of hydrogen-bond donors (Lipinski definition) is 3. The van der Waals surface area contributed by atoms with Gasteiger partial charge in [-0.3, -0.25) is 9.59 Å². The first-order chi connectivity index (χ1) is 11.8. The number of ether oxygens (including phenoxy) is 1. The summed E-state index contributed by atoms with van der Waals surface area (Å²) in [4.78, 5) is 30.6. The zero-order valence-corrected chi connectivity index (χ0v) is 14.2. The van der Waals surface area contributed by atoms with E-state index in [-0.39, 0.29) is 23.2 Å². The van der Waals surface area contributed by atoms with Crippen LogP contribution >= 0.6 is 0 Å². The summed E-state index contributed by atoms with van der Waals surface area (Å²) >= 11 is 0. The van der Waals surface area contributed by atoms with E-state index >= 15 is 0 Å². The van der Waals surface area contributed by atoms with Crippen LogP contribution in [-0.4, -0.2) is 43.9 Å². The molecule has 4 atom stereocenters. The van der Waals surface area contributed by atoms with Gasteiger partial charge in [0.25, 0.3) is 5.56 Å². The molecule has 1 saturated heterocycles. The number of amides is 1. The van der Waals surface area contributed by atoms with E-state index in [1.165, 1.54) is 17.0 Å². The third kappa shape index (κ3) is 3.05. The second kappa shape index (κ2) is 6.57. The van der Waals surface area contributed by atoms with Crippen molar-refractivity contribution in [2.45, 2.75) is 51.8 Å². The van der Waals surface area contributed by atoms with E-state index in [1.807, 2.05) is 0 Å². The van der Waals surface area contributed by atoms with Crippen LogP contribution in [0.15, 0.2) is 17.2 Å². The summed E-state index contributed by atoms with van der Waals surface area (Å²) in [7, 11) is 0. The van der Waals surface area contributed by atoms with Gasteiger partial charge in [-0.25, -0.2) is 9.37 Å². The number of alkyl halides is 1. The van der Waals surface area contributed by atoms with Gasteiger partial charge in [0.1, 0.15) is 11.9 Å². The predicted octanol–water partition coefficient (Wildman–Crippen LogP) is 1.33. The van der Waals surface area contributed by atoms with E-state index in [0.717, 1.165) is 0 Å². The highest BCUT2D eigenvalue weighted by Gasteiger charge is 2.44. The first-order valence-electron chi connectivity index (χ1n) is 8.21. The molecule has 136 valence electrons. The zero-order valence-electron chi connectivity index (χ0n) is 14.2. The van der Waals surface area contributed by atoms with Crippen molar-refractivity contribution >= 4 is 22.8 Å². The Bertz CT molecular complexity index is 846. The van der Waals surface area contributed by atoms with Gasteiger partial charge in [0.2, 0.25) is 5.91 Å². The average molecular weight is 352 g/mol. The highest BCUT2D eigenvalue weighted by molar-refractivity contribution is 5.92. The van der Waals surface area contributed by atoms with E-state index in [1.54, 1.807) is 20.8 Å². The van der Waals surface area contributed by atoms with E-state index < -0.39 is 30.2 Å². The Morgan fingerprint density at radius 3 is 2.88 bits per heavy atom. The number of H-pyrrole nitrogens is 1. The van der Waals surface area contributed by atoms with Crippen molar-refractivity contribution in [3.63, 3.8) is 0 Å². The lowest BCUT2D eigenvalue weighted by Crippen LogP contribution is -2.27. The fraction of sp³-hybridized carbons (Fsp3) is 0.562. The van der Waals surface area contributed by atoms with Gasteiger partial charge in [-0.15, -0.1) is 0 Å². The number of nitrogens with zero attached hydrogens (tertiary/aromatic N) is 2. The number of halogens is 1. The van der Waals surface area contributed by atoms with Crippen LogP contribution < -0.4 is 10.9 Å². The number of aromatic amines is 1. The van der Waals surface area contributed by atoms with Crippen molar-refractivity contribution in [1.82, 2.24) is 14.5 Å². The monoisotopic (exact) mass is 352 g/mol. The maximum Gasteiger partial charge on any atom is 0.277 e. The molecule has 25 heavy (non-hydrogen) atoms. The molecule has 0 radical (unpaired) electrons. The highest BCUT2D eigenvalue weighted by Crippen LogP contribution is 2.34. The summed E-state index contributed by atoms with van der Waals surface area (Å²) in [6.45, 7) is 5.22. The zero-order chi connectivity index (χ0) is 18.3. The minimum absolute atomic E-state index is 0.119. The molecule has 0 unspecified atom stereocenters. The van der Waals surface area contributed by atoms with E-state index in [4.69, 9.17) is 4.74 Å². The third-order valence-electron chi connectivity index (χ3n) is 4.32. The summed E-state index contributed by atoms with van der Waals surface area (Å²) in [5.41, 5.74) is -0.0313. The standard InChI is InChI=1S/C16H21FN4O4/c1-4-9-11(17)13(22)16(25-9)21-6-18-12-8(21)5-10(20-15(12)24)19-14(23)7(2)3/h5-7,9,11,13,16,22H,4H2,1-3H3,(H2,19,20,23,24)/t9-,11-,13-,16-/m1/s1. The van der Waals surface area contributed by atoms with Crippen molar-refractivity contribution < 1.29 is 19.0 Å². The fourth-order valence-corrected chi connectivity index (χ4v) is 2.85. The highest BCUT2D eigenvalue weighted by atomic mass is 19.1. The number of hydrogen-bond acceptors (Lipinski definition) is 5. The van der Waals surface area contributed by atoms with Gasteiger partial charge in [0, 0.05) is 12.0 Å². The molecule has 0 aromatic carbocycles. The van der Waals surface area contributed by atoms with Gasteiger partial charge in [-0.2, -0.15) is 0 Å². The Balaban J connectivity index is 2.01. The lowest BCUT2D eigenvalue weighted by Gasteiger charge is -2.17. The number of fused-ring (bicyclic) bond motifs is 1. The molecule has 3 N–H and O–H groups in total. The van der Waals surface area contributed by atoms with Crippen molar-refractivity contribution in [2.24, 2.45) is 5.92 Å². The maximum absolute atomic E-state index is 14.1. The third-order valence-corrected chi connectivity index (χ3v) is 4.32. The number of rotatable bonds is 4. The van der Waals surface area contributed by atoms with Crippen molar-refractivity contribution in [1.29, 1.82) is 0 Å². The van der Waals surface area contributed by atoms with Gasteiger partial charge in [0.05, 0.1) is 17.9 Å². The Labute approximate surface area is 143 Å². The van der Waals surface area contributed by atoms with Gasteiger partial charge in [-0.1, -0.05) is 20.8 Å². The van der Waals surface area contributed by atoms with Crippen LogP contribution in [-0.2, 0) is 9.53 Å². The second-order valence-corrected chi connectivity index (χ2v) is 6.45. The number of aliphatic hydroxyl groups excluding tert-OH is 1. The topological polar surface area (TPSA) is 109 Å². The minimum atomic E-state index is -1.52. The lowest BCUT2D eigenvalue weighted by atomic mass is 10.1. The Hall–Kier alpha value is -2.26. The number of carbonyl (C=O) groups is 1. The molecule has 2 aromatic rings. The molecule has 1 aliphatic heterocycles. The quantitative estimate of drug-likeness (QED) is 0.769. The van der Waals surface area contributed by atoms with Crippen LogP contribution in [0.3, 0.4) is 0 Å². The van der Waals surface area contributed by atoms with Crippen molar-refractivity contribution in [3.05, 3.63) is 22.7 Å². The summed E-state index contributed by atoms with van der Waals surface area (Å²) in [6, 6.07) is 1.52. The fourth-order valence-electron chi connectivity index (χ4n) is 2.85. The molecule has 1 amide bonds. The molecule has 2 aromatic heterocycles. The van der Waals surface area contributed by atoms with E-state index in [0.29, 0.717) is 11.9 Å². The molecule has 0 spiro atoms.